The smallest absolute Gasteiger partial charge is 0.309 e. The fourth-order valence-electron chi connectivity index (χ4n) is 4.18. The van der Waals surface area contributed by atoms with Crippen LogP contribution in [0, 0.1) is 5.92 Å². The van der Waals surface area contributed by atoms with Gasteiger partial charge in [0.05, 0.1) is 31.8 Å². The number of likely N-dealkylation sites (tertiary alicyclic amines) is 1. The van der Waals surface area contributed by atoms with E-state index in [0.717, 1.165) is 68.8 Å². The summed E-state index contributed by atoms with van der Waals surface area (Å²) in [5.74, 6) is 0.775. The molecule has 2 aliphatic heterocycles. The molecule has 1 unspecified atom stereocenters. The molecule has 1 aromatic carbocycles. The van der Waals surface area contributed by atoms with Crippen molar-refractivity contribution in [3.63, 3.8) is 0 Å². The van der Waals surface area contributed by atoms with Crippen LogP contribution < -0.4 is 5.32 Å². The number of esters is 1. The molecule has 1 atom stereocenters. The van der Waals surface area contributed by atoms with Crippen molar-refractivity contribution >= 4 is 23.5 Å². The molecule has 2 saturated heterocycles. The molecule has 7 nitrogen and oxygen atoms in total. The van der Waals surface area contributed by atoms with Crippen molar-refractivity contribution in [2.24, 2.45) is 10.9 Å². The van der Waals surface area contributed by atoms with Crippen molar-refractivity contribution in [2.75, 3.05) is 59.6 Å². The van der Waals surface area contributed by atoms with Gasteiger partial charge in [-0.25, -0.2) is 0 Å². The third kappa shape index (κ3) is 5.86. The Kier molecular flexibility index (Phi) is 8.78. The van der Waals surface area contributed by atoms with E-state index in [0.29, 0.717) is 13.2 Å². The normalized spacial score (nSPS) is 20.1. The Balaban J connectivity index is 1.62. The number of aliphatic imine (C=N–C) groups is 1. The Morgan fingerprint density at radius 1 is 1.27 bits per heavy atom. The first kappa shape index (κ1) is 22.8. The number of hydrogen-bond acceptors (Lipinski definition) is 5. The predicted octanol–water partition coefficient (Wildman–Crippen LogP) is 2.56. The van der Waals surface area contributed by atoms with E-state index in [1.807, 2.05) is 25.1 Å². The zero-order valence-electron chi connectivity index (χ0n) is 18.0. The second-order valence-electron chi connectivity index (χ2n) is 7.63. The Bertz CT molecular complexity index is 716. The van der Waals surface area contributed by atoms with E-state index in [-0.39, 0.29) is 17.9 Å². The molecule has 0 amide bonds. The molecule has 8 heteroatoms. The van der Waals surface area contributed by atoms with Crippen molar-refractivity contribution in [2.45, 2.75) is 25.8 Å². The number of hydrogen-bond donors (Lipinski definition) is 1. The molecule has 30 heavy (non-hydrogen) atoms. The summed E-state index contributed by atoms with van der Waals surface area (Å²) in [6.45, 7) is 7.79. The molecule has 0 radical (unpaired) electrons. The standard InChI is InChI=1S/C22H33ClN4O3/c1-3-30-21(28)17-8-10-27(11-9-17)22(24-2)25-16-20(26-12-14-29-15-13-26)18-6-4-5-7-19(18)23/h4-7,17,20H,3,8-16H2,1-2H3,(H,24,25). The minimum Gasteiger partial charge on any atom is -0.466 e. The Morgan fingerprint density at radius 2 is 1.97 bits per heavy atom. The highest BCUT2D eigenvalue weighted by Crippen LogP contribution is 2.28. The quantitative estimate of drug-likeness (QED) is 0.420. The van der Waals surface area contributed by atoms with Gasteiger partial charge in [-0.2, -0.15) is 0 Å². The summed E-state index contributed by atoms with van der Waals surface area (Å²) in [6.07, 6.45) is 1.58. The first-order valence-electron chi connectivity index (χ1n) is 10.8. The number of ether oxygens (including phenoxy) is 2. The molecule has 166 valence electrons. The first-order valence-corrected chi connectivity index (χ1v) is 11.2. The van der Waals surface area contributed by atoms with Gasteiger partial charge in [0.1, 0.15) is 0 Å². The highest BCUT2D eigenvalue weighted by atomic mass is 35.5. The average molecular weight is 437 g/mol. The van der Waals surface area contributed by atoms with Gasteiger partial charge in [-0.3, -0.25) is 14.7 Å². The number of halogens is 1. The number of nitrogens with zero attached hydrogens (tertiary/aromatic N) is 3. The van der Waals surface area contributed by atoms with Crippen LogP contribution in [0.5, 0.6) is 0 Å². The van der Waals surface area contributed by atoms with Gasteiger partial charge in [-0.05, 0) is 31.4 Å². The molecular weight excluding hydrogens is 404 g/mol. The number of piperidine rings is 1. The number of rotatable bonds is 6. The summed E-state index contributed by atoms with van der Waals surface area (Å²) >= 11 is 6.54. The monoisotopic (exact) mass is 436 g/mol. The minimum absolute atomic E-state index is 0.0106. The Hall–Kier alpha value is -1.83. The van der Waals surface area contributed by atoms with Gasteiger partial charge in [-0.1, -0.05) is 29.8 Å². The van der Waals surface area contributed by atoms with Gasteiger partial charge in [0.15, 0.2) is 5.96 Å². The Labute approximate surface area is 184 Å². The van der Waals surface area contributed by atoms with Gasteiger partial charge in [0.25, 0.3) is 0 Å². The van der Waals surface area contributed by atoms with Crippen LogP contribution in [0.15, 0.2) is 29.3 Å². The number of guanidine groups is 1. The summed E-state index contributed by atoms with van der Waals surface area (Å²) in [7, 11) is 1.80. The van der Waals surface area contributed by atoms with E-state index >= 15 is 0 Å². The highest BCUT2D eigenvalue weighted by molar-refractivity contribution is 6.31. The number of benzene rings is 1. The molecule has 1 aromatic rings. The Morgan fingerprint density at radius 3 is 2.60 bits per heavy atom. The van der Waals surface area contributed by atoms with Crippen molar-refractivity contribution < 1.29 is 14.3 Å². The molecule has 1 N–H and O–H groups in total. The van der Waals surface area contributed by atoms with Crippen LogP contribution in [0.4, 0.5) is 0 Å². The van der Waals surface area contributed by atoms with E-state index in [9.17, 15) is 4.79 Å². The molecule has 0 bridgehead atoms. The van der Waals surface area contributed by atoms with Crippen molar-refractivity contribution in [1.29, 1.82) is 0 Å². The SMILES string of the molecule is CCOC(=O)C1CCN(C(=NC)NCC(c2ccccc2Cl)N2CCOCC2)CC1. The summed E-state index contributed by atoms with van der Waals surface area (Å²) in [5, 5.41) is 4.33. The fraction of sp³-hybridized carbons (Fsp3) is 0.636. The lowest BCUT2D eigenvalue weighted by Gasteiger charge is -2.37. The van der Waals surface area contributed by atoms with Gasteiger partial charge in [0.2, 0.25) is 0 Å². The zero-order valence-corrected chi connectivity index (χ0v) is 18.7. The number of carbonyl (C=O) groups excluding carboxylic acids is 1. The summed E-state index contributed by atoms with van der Waals surface area (Å²) in [5.41, 5.74) is 1.12. The van der Waals surface area contributed by atoms with Crippen molar-refractivity contribution in [3.05, 3.63) is 34.9 Å². The molecule has 0 saturated carbocycles. The largest absolute Gasteiger partial charge is 0.466 e. The van der Waals surface area contributed by atoms with E-state index in [2.05, 4.69) is 26.2 Å². The lowest BCUT2D eigenvalue weighted by Crippen LogP contribution is -2.50. The lowest BCUT2D eigenvalue weighted by molar-refractivity contribution is -0.149. The van der Waals surface area contributed by atoms with Crippen LogP contribution in [-0.4, -0.2) is 81.3 Å². The van der Waals surface area contributed by atoms with Crippen molar-refractivity contribution in [1.82, 2.24) is 15.1 Å². The van der Waals surface area contributed by atoms with Crippen LogP contribution >= 0.6 is 11.6 Å². The van der Waals surface area contributed by atoms with Crippen molar-refractivity contribution in [3.8, 4) is 0 Å². The molecule has 0 spiro atoms. The maximum Gasteiger partial charge on any atom is 0.309 e. The second-order valence-corrected chi connectivity index (χ2v) is 8.03. The molecule has 3 rings (SSSR count). The second kappa shape index (κ2) is 11.5. The van der Waals surface area contributed by atoms with Crippen LogP contribution in [0.1, 0.15) is 31.4 Å². The van der Waals surface area contributed by atoms with Crippen LogP contribution in [0.3, 0.4) is 0 Å². The first-order chi connectivity index (χ1) is 14.6. The topological polar surface area (TPSA) is 66.4 Å². The van der Waals surface area contributed by atoms with E-state index < -0.39 is 0 Å². The third-order valence-electron chi connectivity index (χ3n) is 5.83. The van der Waals surface area contributed by atoms with Crippen LogP contribution in [0.25, 0.3) is 0 Å². The van der Waals surface area contributed by atoms with E-state index in [4.69, 9.17) is 21.1 Å². The lowest BCUT2D eigenvalue weighted by atomic mass is 9.97. The highest BCUT2D eigenvalue weighted by Gasteiger charge is 2.29. The minimum atomic E-state index is -0.0776. The van der Waals surface area contributed by atoms with Gasteiger partial charge >= 0.3 is 5.97 Å². The predicted molar refractivity (Wildman–Crippen MR) is 119 cm³/mol. The molecule has 2 fully saturated rings. The maximum absolute atomic E-state index is 12.0. The number of nitrogens with one attached hydrogen (secondary N) is 1. The summed E-state index contributed by atoms with van der Waals surface area (Å²) < 4.78 is 10.7. The average Bonchev–Trinajstić information content (AvgIpc) is 2.79. The summed E-state index contributed by atoms with van der Waals surface area (Å²) in [6, 6.07) is 8.17. The van der Waals surface area contributed by atoms with Crippen LogP contribution in [0.2, 0.25) is 5.02 Å². The molecule has 2 heterocycles. The van der Waals surface area contributed by atoms with E-state index in [1.165, 1.54) is 0 Å². The van der Waals surface area contributed by atoms with Gasteiger partial charge < -0.3 is 19.7 Å². The summed E-state index contributed by atoms with van der Waals surface area (Å²) in [4.78, 5) is 21.1. The maximum atomic E-state index is 12.0. The molecule has 0 aliphatic carbocycles. The fourth-order valence-corrected chi connectivity index (χ4v) is 4.44. The molecule has 2 aliphatic rings. The molecule has 0 aromatic heterocycles. The molecular formula is C22H33ClN4O3. The zero-order chi connectivity index (χ0) is 21.3. The van der Waals surface area contributed by atoms with Gasteiger partial charge in [-0.15, -0.1) is 0 Å². The van der Waals surface area contributed by atoms with Gasteiger partial charge in [0, 0.05) is 44.8 Å². The number of morpholine rings is 1. The van der Waals surface area contributed by atoms with E-state index in [1.54, 1.807) is 7.05 Å². The van der Waals surface area contributed by atoms with Crippen LogP contribution in [-0.2, 0) is 14.3 Å². The third-order valence-corrected chi connectivity index (χ3v) is 6.17. The number of carbonyl (C=O) groups is 1.